The maximum atomic E-state index is 15.0. The van der Waals surface area contributed by atoms with Gasteiger partial charge >= 0.3 is 0 Å². The monoisotopic (exact) mass is 1070 g/mol. The van der Waals surface area contributed by atoms with E-state index in [-0.39, 0.29) is 106 Å². The predicted octanol–water partition coefficient (Wildman–Crippen LogP) is 7.37. The third-order valence-corrected chi connectivity index (χ3v) is 15.9. The second kappa shape index (κ2) is 21.4. The average molecular weight is 1070 g/mol. The highest BCUT2D eigenvalue weighted by Crippen LogP contribution is 2.48. The highest BCUT2D eigenvalue weighted by molar-refractivity contribution is 5.95. The lowest BCUT2D eigenvalue weighted by atomic mass is 9.69. The van der Waals surface area contributed by atoms with Crippen molar-refractivity contribution >= 4 is 45.5 Å². The van der Waals surface area contributed by atoms with E-state index in [1.54, 1.807) is 32.2 Å². The van der Waals surface area contributed by atoms with Crippen molar-refractivity contribution in [3.05, 3.63) is 87.9 Å². The summed E-state index contributed by atoms with van der Waals surface area (Å²) in [5, 5.41) is 8.63. The second-order valence-corrected chi connectivity index (χ2v) is 20.6. The summed E-state index contributed by atoms with van der Waals surface area (Å²) in [6, 6.07) is 7.04. The van der Waals surface area contributed by atoms with E-state index in [2.05, 4.69) is 45.9 Å². The molecule has 77 heavy (non-hydrogen) atoms. The summed E-state index contributed by atoms with van der Waals surface area (Å²) in [6.07, 6.45) is 12.2. The lowest BCUT2D eigenvalue weighted by Crippen LogP contribution is -2.61. The number of hydrogen-bond acceptors (Lipinski definition) is 17. The Kier molecular flexibility index (Phi) is 14.8. The Bertz CT molecular complexity index is 3230. The maximum Gasteiger partial charge on any atom is 0.263 e. The highest BCUT2D eigenvalue weighted by Gasteiger charge is 2.50. The molecule has 408 valence electrons. The first-order valence-corrected chi connectivity index (χ1v) is 25.5. The molecule has 12 heterocycles. The van der Waals surface area contributed by atoms with Crippen LogP contribution < -0.4 is 45.4 Å². The van der Waals surface area contributed by atoms with Gasteiger partial charge in [-0.1, -0.05) is 0 Å². The zero-order chi connectivity index (χ0) is 54.3. The van der Waals surface area contributed by atoms with Crippen molar-refractivity contribution in [2.75, 3.05) is 58.4 Å². The molecular formula is C54H60F4N10O9. The molecule has 0 atom stereocenters. The lowest BCUT2D eigenvalue weighted by molar-refractivity contribution is -0.165. The molecule has 5 N–H and O–H groups in total. The smallest absolute Gasteiger partial charge is 0.263 e. The number of aryl methyl sites for hydroxylation is 2. The van der Waals surface area contributed by atoms with Crippen LogP contribution in [0.4, 0.5) is 29.2 Å². The van der Waals surface area contributed by atoms with Crippen molar-refractivity contribution in [2.45, 2.75) is 120 Å². The molecule has 0 radical (unpaired) electrons. The number of carbonyl (C=O) groups excluding carboxylic acids is 2. The SMILES string of the molecule is COc1ccc2ncc(F)c(CCC34CCC(N)(CC3)CO4)c2n1.COc1ccc2ncc(F)c(CCC34CCC(NCc5nc6c(c(C)c5F)OCC(=O)N6)(CC3)CO4)c2n1.COc1nc2c(c(C)c1F)OCC(=O)N2. The molecule has 8 aliphatic rings. The van der Waals surface area contributed by atoms with Gasteiger partial charge in [0.15, 0.2) is 48.0 Å². The molecule has 14 rings (SSSR count). The van der Waals surface area contributed by atoms with E-state index in [9.17, 15) is 22.8 Å². The molecule has 0 aromatic carbocycles. The van der Waals surface area contributed by atoms with Crippen LogP contribution in [-0.4, -0.2) is 112 Å². The quantitative estimate of drug-likeness (QED) is 0.0875. The maximum absolute atomic E-state index is 15.0. The zero-order valence-electron chi connectivity index (χ0n) is 43.4. The van der Waals surface area contributed by atoms with Crippen LogP contribution in [0, 0.1) is 37.1 Å². The van der Waals surface area contributed by atoms with Crippen molar-refractivity contribution in [3.8, 4) is 29.1 Å². The number of amides is 2. The minimum absolute atomic E-state index is 0.124. The molecule has 6 aliphatic heterocycles. The Labute approximate surface area is 440 Å². The van der Waals surface area contributed by atoms with Gasteiger partial charge in [-0.2, -0.15) is 4.98 Å². The normalized spacial score (nSPS) is 23.7. The Morgan fingerprint density at radius 2 is 1.13 bits per heavy atom. The number of halogens is 4. The minimum atomic E-state index is -0.576. The first kappa shape index (κ1) is 53.3. The fourth-order valence-electron chi connectivity index (χ4n) is 11.0. The van der Waals surface area contributed by atoms with E-state index in [1.165, 1.54) is 33.5 Å². The van der Waals surface area contributed by atoms with Gasteiger partial charge in [-0.25, -0.2) is 32.5 Å². The molecule has 6 aromatic heterocycles. The van der Waals surface area contributed by atoms with E-state index in [1.807, 2.05) is 6.07 Å². The fraction of sp³-hybridized carbons (Fsp3) is 0.481. The summed E-state index contributed by atoms with van der Waals surface area (Å²) >= 11 is 0. The predicted molar refractivity (Wildman–Crippen MR) is 272 cm³/mol. The standard InChI is InChI=1S/C27H29F2N5O4.C18H22FN3O2.C9H9FN2O3/c1-15-22(29)19(32-25-24(15)37-13-20(35)33-25)12-31-26-7-9-27(10-8-26,38-14-26)6-5-16-17(28)11-30-18-3-4-21(36-2)34-23(16)18;1-23-15-3-2-14-16(22-15)12(13(19)10-21-14)4-5-18-8-6-17(20,7-9-18)11-24-18;1-4-6(10)9(14-2)12-8-7(4)15-3-5(13)11-8/h3-4,11,31H,5-10,12-14H2,1-2H3,(H,32,33,35);2-3,10H,4-9,11,20H2,1H3;3H2,1-2H3,(H,11,12,13). The van der Waals surface area contributed by atoms with Gasteiger partial charge in [0, 0.05) is 52.0 Å². The molecule has 6 fully saturated rings. The molecule has 0 spiro atoms. The summed E-state index contributed by atoms with van der Waals surface area (Å²) in [5.74, 6) is -0.638. The van der Waals surface area contributed by atoms with E-state index in [4.69, 9.17) is 38.9 Å². The van der Waals surface area contributed by atoms with Crippen LogP contribution in [0.25, 0.3) is 22.1 Å². The van der Waals surface area contributed by atoms with Crippen LogP contribution in [0.2, 0.25) is 0 Å². The van der Waals surface area contributed by atoms with Gasteiger partial charge in [-0.05, 0) is 103 Å². The van der Waals surface area contributed by atoms with Crippen LogP contribution >= 0.6 is 0 Å². The number of anilines is 2. The lowest BCUT2D eigenvalue weighted by Gasteiger charge is -2.53. The Balaban J connectivity index is 0.000000146. The van der Waals surface area contributed by atoms with Crippen molar-refractivity contribution in [1.82, 2.24) is 35.2 Å². The number of nitrogens with two attached hydrogens (primary N) is 1. The van der Waals surface area contributed by atoms with Gasteiger partial charge in [0.25, 0.3) is 17.7 Å². The number of fused-ring (bicyclic) bond motifs is 10. The van der Waals surface area contributed by atoms with Gasteiger partial charge in [0.05, 0.1) is 85.9 Å². The highest BCUT2D eigenvalue weighted by atomic mass is 19.1. The van der Waals surface area contributed by atoms with Crippen LogP contribution in [0.3, 0.4) is 0 Å². The number of carbonyl (C=O) groups is 2. The van der Waals surface area contributed by atoms with Crippen molar-refractivity contribution in [2.24, 2.45) is 5.73 Å². The van der Waals surface area contributed by atoms with Crippen LogP contribution in [-0.2, 0) is 38.4 Å². The van der Waals surface area contributed by atoms with Crippen LogP contribution in [0.5, 0.6) is 29.1 Å². The molecular weight excluding hydrogens is 1010 g/mol. The number of ether oxygens (including phenoxy) is 7. The summed E-state index contributed by atoms with van der Waals surface area (Å²) < 4.78 is 95.8. The molecule has 6 aromatic rings. The number of pyridine rings is 6. The number of nitrogens with one attached hydrogen (secondary N) is 3. The van der Waals surface area contributed by atoms with Crippen molar-refractivity contribution in [1.29, 1.82) is 0 Å². The molecule has 4 bridgehead atoms. The number of nitrogens with zero attached hydrogens (tertiary/aromatic N) is 6. The summed E-state index contributed by atoms with van der Waals surface area (Å²) in [4.78, 5) is 47.9. The third-order valence-electron chi connectivity index (χ3n) is 15.9. The molecule has 0 unspecified atom stereocenters. The molecule has 23 heteroatoms. The van der Waals surface area contributed by atoms with Crippen LogP contribution in [0.15, 0.2) is 36.7 Å². The van der Waals surface area contributed by atoms with Gasteiger partial charge in [-0.15, -0.1) is 0 Å². The van der Waals surface area contributed by atoms with Gasteiger partial charge in [0.1, 0.15) is 11.6 Å². The molecule has 2 amide bonds. The first-order chi connectivity index (χ1) is 37.0. The molecule has 4 saturated heterocycles. The van der Waals surface area contributed by atoms with E-state index >= 15 is 4.39 Å². The number of hydrogen-bond donors (Lipinski definition) is 4. The Morgan fingerprint density at radius 1 is 0.636 bits per heavy atom. The topological polar surface area (TPSA) is 238 Å². The largest absolute Gasteiger partial charge is 0.481 e. The molecule has 19 nitrogen and oxygen atoms in total. The third kappa shape index (κ3) is 10.8. The van der Waals surface area contributed by atoms with Crippen molar-refractivity contribution in [3.63, 3.8) is 0 Å². The number of rotatable bonds is 12. The minimum Gasteiger partial charge on any atom is -0.481 e. The van der Waals surface area contributed by atoms with Gasteiger partial charge in [0.2, 0.25) is 11.8 Å². The molecule has 2 saturated carbocycles. The first-order valence-electron chi connectivity index (χ1n) is 25.5. The Morgan fingerprint density at radius 3 is 1.60 bits per heavy atom. The van der Waals surface area contributed by atoms with E-state index in [0.29, 0.717) is 83.0 Å². The summed E-state index contributed by atoms with van der Waals surface area (Å²) in [7, 11) is 4.39. The Hall–Kier alpha value is -7.08. The van der Waals surface area contributed by atoms with Gasteiger partial charge in [-0.3, -0.25) is 19.6 Å². The molecule has 2 aliphatic carbocycles. The van der Waals surface area contributed by atoms with E-state index in [0.717, 1.165) is 57.8 Å². The average Bonchev–Trinajstić information content (AvgIpc) is 3.46. The summed E-state index contributed by atoms with van der Waals surface area (Å²) in [6.45, 7) is 4.17. The van der Waals surface area contributed by atoms with Crippen molar-refractivity contribution < 1.29 is 60.3 Å². The van der Waals surface area contributed by atoms with Gasteiger partial charge < -0.3 is 54.8 Å². The zero-order valence-corrected chi connectivity index (χ0v) is 43.4. The second-order valence-electron chi connectivity index (χ2n) is 20.6. The number of aromatic nitrogens is 6. The summed E-state index contributed by atoms with van der Waals surface area (Å²) in [5.41, 5.74) is 9.68. The fourth-order valence-corrected chi connectivity index (χ4v) is 11.0. The van der Waals surface area contributed by atoms with E-state index < -0.39 is 11.6 Å². The van der Waals surface area contributed by atoms with Crippen LogP contribution in [0.1, 0.15) is 92.2 Å². The number of methoxy groups -OCH3 is 3.